The predicted molar refractivity (Wildman–Crippen MR) is 52.0 cm³/mol. The average Bonchev–Trinajstić information content (AvgIpc) is 2.07. The summed E-state index contributed by atoms with van der Waals surface area (Å²) < 4.78 is 0. The maximum absolute atomic E-state index is 10.3. The highest BCUT2D eigenvalue weighted by Gasteiger charge is 2.01. The van der Waals surface area contributed by atoms with E-state index in [1.807, 2.05) is 32.0 Å². The Morgan fingerprint density at radius 2 is 2.15 bits per heavy atom. The number of hydrogen-bond acceptors (Lipinski definition) is 2. The smallest absolute Gasteiger partial charge is 0.322 e. The first kappa shape index (κ1) is 9.58. The van der Waals surface area contributed by atoms with Gasteiger partial charge in [-0.25, -0.2) is 0 Å². The molecular weight excluding hydrogens is 166 g/mol. The highest BCUT2D eigenvalue weighted by molar-refractivity contribution is 5.73. The van der Waals surface area contributed by atoms with Crippen molar-refractivity contribution in [2.24, 2.45) is 0 Å². The van der Waals surface area contributed by atoms with E-state index in [0.717, 1.165) is 16.8 Å². The number of aryl methyl sites for hydroxylation is 1. The van der Waals surface area contributed by atoms with Crippen molar-refractivity contribution in [3.8, 4) is 0 Å². The maximum atomic E-state index is 10.3. The van der Waals surface area contributed by atoms with Crippen LogP contribution < -0.4 is 5.32 Å². The number of benzene rings is 1. The van der Waals surface area contributed by atoms with Crippen LogP contribution in [0.4, 0.5) is 5.69 Å². The second kappa shape index (κ2) is 3.94. The summed E-state index contributed by atoms with van der Waals surface area (Å²) in [5.74, 6) is -0.846. The van der Waals surface area contributed by atoms with Gasteiger partial charge in [0.25, 0.3) is 0 Å². The van der Waals surface area contributed by atoms with Crippen LogP contribution in [0.2, 0.25) is 0 Å². The molecule has 0 spiro atoms. The van der Waals surface area contributed by atoms with Gasteiger partial charge in [-0.05, 0) is 31.0 Å². The third kappa shape index (κ3) is 2.47. The second-order valence-corrected chi connectivity index (χ2v) is 2.99. The lowest BCUT2D eigenvalue weighted by atomic mass is 10.1. The molecule has 0 atom stereocenters. The Balaban J connectivity index is 2.77. The van der Waals surface area contributed by atoms with Gasteiger partial charge in [0.05, 0.1) is 0 Å². The summed E-state index contributed by atoms with van der Waals surface area (Å²) in [6.45, 7) is 3.94. The topological polar surface area (TPSA) is 49.3 Å². The van der Waals surface area contributed by atoms with Gasteiger partial charge in [0.1, 0.15) is 6.54 Å². The Kier molecular flexibility index (Phi) is 2.90. The Labute approximate surface area is 77.4 Å². The van der Waals surface area contributed by atoms with E-state index < -0.39 is 5.97 Å². The van der Waals surface area contributed by atoms with Crippen LogP contribution in [-0.4, -0.2) is 17.6 Å². The minimum absolute atomic E-state index is 0.0374. The molecule has 0 fully saturated rings. The molecule has 0 aliphatic carbocycles. The van der Waals surface area contributed by atoms with Crippen LogP contribution in [0, 0.1) is 13.8 Å². The zero-order chi connectivity index (χ0) is 9.84. The van der Waals surface area contributed by atoms with Gasteiger partial charge in [0.2, 0.25) is 0 Å². The highest BCUT2D eigenvalue weighted by atomic mass is 16.4. The minimum Gasteiger partial charge on any atom is -0.480 e. The molecule has 0 saturated heterocycles. The van der Waals surface area contributed by atoms with E-state index in [1.165, 1.54) is 0 Å². The molecule has 0 saturated carbocycles. The molecule has 1 aromatic rings. The van der Waals surface area contributed by atoms with Crippen molar-refractivity contribution in [1.82, 2.24) is 0 Å². The molecule has 1 rings (SSSR count). The van der Waals surface area contributed by atoms with Crippen molar-refractivity contribution in [3.63, 3.8) is 0 Å². The normalized spacial score (nSPS) is 9.69. The summed E-state index contributed by atoms with van der Waals surface area (Å²) in [6.07, 6.45) is 0. The fraction of sp³-hybridized carbons (Fsp3) is 0.300. The standard InChI is InChI=1S/C10H13NO2/c1-7-4-3-5-9(8(7)2)11-6-10(12)13/h3-5,11H,6H2,1-2H3,(H,12,13). The van der Waals surface area contributed by atoms with Gasteiger partial charge in [0, 0.05) is 5.69 Å². The molecular formula is C10H13NO2. The molecule has 70 valence electrons. The van der Waals surface area contributed by atoms with Crippen LogP contribution in [0.25, 0.3) is 0 Å². The summed E-state index contributed by atoms with van der Waals surface area (Å²) in [6, 6.07) is 5.79. The van der Waals surface area contributed by atoms with E-state index in [4.69, 9.17) is 5.11 Å². The molecule has 0 aromatic heterocycles. The Bertz CT molecular complexity index is 321. The fourth-order valence-corrected chi connectivity index (χ4v) is 1.11. The summed E-state index contributed by atoms with van der Waals surface area (Å²) in [5.41, 5.74) is 3.15. The fourth-order valence-electron chi connectivity index (χ4n) is 1.11. The van der Waals surface area contributed by atoms with Gasteiger partial charge in [-0.15, -0.1) is 0 Å². The van der Waals surface area contributed by atoms with Crippen LogP contribution in [0.15, 0.2) is 18.2 Å². The predicted octanol–water partition coefficient (Wildman–Crippen LogP) is 1.80. The Morgan fingerprint density at radius 3 is 2.77 bits per heavy atom. The number of aliphatic carboxylic acids is 1. The molecule has 3 heteroatoms. The van der Waals surface area contributed by atoms with Gasteiger partial charge in [-0.1, -0.05) is 12.1 Å². The van der Waals surface area contributed by atoms with Crippen LogP contribution in [0.3, 0.4) is 0 Å². The molecule has 0 amide bonds. The largest absolute Gasteiger partial charge is 0.480 e. The number of nitrogens with one attached hydrogen (secondary N) is 1. The van der Waals surface area contributed by atoms with Crippen LogP contribution in [0.1, 0.15) is 11.1 Å². The second-order valence-electron chi connectivity index (χ2n) is 2.99. The van der Waals surface area contributed by atoms with E-state index in [1.54, 1.807) is 0 Å². The Hall–Kier alpha value is -1.51. The number of hydrogen-bond donors (Lipinski definition) is 2. The van der Waals surface area contributed by atoms with Crippen molar-refractivity contribution >= 4 is 11.7 Å². The summed E-state index contributed by atoms with van der Waals surface area (Å²) in [4.78, 5) is 10.3. The lowest BCUT2D eigenvalue weighted by molar-refractivity contribution is -0.134. The van der Waals surface area contributed by atoms with Gasteiger partial charge < -0.3 is 10.4 Å². The number of carbonyl (C=O) groups is 1. The van der Waals surface area contributed by atoms with Gasteiger partial charge in [0.15, 0.2) is 0 Å². The Morgan fingerprint density at radius 1 is 1.46 bits per heavy atom. The monoisotopic (exact) mass is 179 g/mol. The van der Waals surface area contributed by atoms with E-state index in [9.17, 15) is 4.79 Å². The first-order chi connectivity index (χ1) is 6.11. The van der Waals surface area contributed by atoms with Crippen LogP contribution in [-0.2, 0) is 4.79 Å². The number of anilines is 1. The third-order valence-corrected chi connectivity index (χ3v) is 2.03. The molecule has 2 N–H and O–H groups in total. The molecule has 3 nitrogen and oxygen atoms in total. The van der Waals surface area contributed by atoms with Gasteiger partial charge in [-0.2, -0.15) is 0 Å². The van der Waals surface area contributed by atoms with Crippen molar-refractivity contribution < 1.29 is 9.90 Å². The minimum atomic E-state index is -0.846. The molecule has 0 unspecified atom stereocenters. The number of rotatable bonds is 3. The van der Waals surface area contributed by atoms with E-state index in [0.29, 0.717) is 0 Å². The zero-order valence-electron chi connectivity index (χ0n) is 7.79. The molecule has 0 bridgehead atoms. The van der Waals surface area contributed by atoms with E-state index in [2.05, 4.69) is 5.32 Å². The van der Waals surface area contributed by atoms with Crippen LogP contribution in [0.5, 0.6) is 0 Å². The van der Waals surface area contributed by atoms with Crippen molar-refractivity contribution in [1.29, 1.82) is 0 Å². The highest BCUT2D eigenvalue weighted by Crippen LogP contribution is 2.17. The lowest BCUT2D eigenvalue weighted by Gasteiger charge is -2.08. The molecule has 0 radical (unpaired) electrons. The molecule has 1 aromatic carbocycles. The van der Waals surface area contributed by atoms with Gasteiger partial charge >= 0.3 is 5.97 Å². The maximum Gasteiger partial charge on any atom is 0.322 e. The average molecular weight is 179 g/mol. The van der Waals surface area contributed by atoms with Gasteiger partial charge in [-0.3, -0.25) is 4.79 Å². The van der Waals surface area contributed by atoms with Crippen molar-refractivity contribution in [3.05, 3.63) is 29.3 Å². The number of carboxylic acid groups (broad SMARTS) is 1. The summed E-state index contributed by atoms with van der Waals surface area (Å²) >= 11 is 0. The first-order valence-corrected chi connectivity index (χ1v) is 4.13. The molecule has 13 heavy (non-hydrogen) atoms. The lowest BCUT2D eigenvalue weighted by Crippen LogP contribution is -2.13. The van der Waals surface area contributed by atoms with Crippen LogP contribution >= 0.6 is 0 Å². The summed E-state index contributed by atoms with van der Waals surface area (Å²) in [7, 11) is 0. The SMILES string of the molecule is Cc1cccc(NCC(=O)O)c1C. The quantitative estimate of drug-likeness (QED) is 0.743. The number of carboxylic acids is 1. The molecule has 0 aliphatic rings. The van der Waals surface area contributed by atoms with Crippen molar-refractivity contribution in [2.45, 2.75) is 13.8 Å². The molecule has 0 heterocycles. The summed E-state index contributed by atoms with van der Waals surface area (Å²) in [5, 5.41) is 11.3. The third-order valence-electron chi connectivity index (χ3n) is 2.03. The van der Waals surface area contributed by atoms with E-state index in [-0.39, 0.29) is 6.54 Å². The zero-order valence-corrected chi connectivity index (χ0v) is 7.79. The molecule has 0 aliphatic heterocycles. The van der Waals surface area contributed by atoms with E-state index >= 15 is 0 Å². The van der Waals surface area contributed by atoms with Crippen molar-refractivity contribution in [2.75, 3.05) is 11.9 Å². The first-order valence-electron chi connectivity index (χ1n) is 4.13.